The molecule has 0 saturated heterocycles. The SMILES string of the molecule is COC(=O)C1CC2CCC1C2=C(c1ccccc1)c1ccccc1. The molecule has 3 unspecified atom stereocenters. The highest BCUT2D eigenvalue weighted by Crippen LogP contribution is 2.56. The summed E-state index contributed by atoms with van der Waals surface area (Å²) in [5.41, 5.74) is 5.31. The molecule has 0 spiro atoms. The molecule has 0 amide bonds. The van der Waals surface area contributed by atoms with Crippen molar-refractivity contribution in [2.75, 3.05) is 7.11 Å². The molecule has 2 aliphatic rings. The topological polar surface area (TPSA) is 26.3 Å². The van der Waals surface area contributed by atoms with Crippen LogP contribution in [0.4, 0.5) is 0 Å². The van der Waals surface area contributed by atoms with Crippen molar-refractivity contribution in [3.63, 3.8) is 0 Å². The second-order valence-corrected chi connectivity index (χ2v) is 6.81. The Bertz CT molecular complexity index is 720. The normalized spacial score (nSPS) is 24.9. The van der Waals surface area contributed by atoms with Crippen molar-refractivity contribution in [2.45, 2.75) is 19.3 Å². The predicted molar refractivity (Wildman–Crippen MR) is 95.2 cm³/mol. The number of esters is 1. The first-order chi connectivity index (χ1) is 11.8. The molecule has 122 valence electrons. The number of methoxy groups -OCH3 is 1. The largest absolute Gasteiger partial charge is 0.469 e. The van der Waals surface area contributed by atoms with E-state index in [0.717, 1.165) is 12.8 Å². The highest BCUT2D eigenvalue weighted by atomic mass is 16.5. The Morgan fingerprint density at radius 2 is 1.50 bits per heavy atom. The van der Waals surface area contributed by atoms with Gasteiger partial charge in [0.1, 0.15) is 0 Å². The quantitative estimate of drug-likeness (QED) is 0.766. The van der Waals surface area contributed by atoms with Gasteiger partial charge in [-0.25, -0.2) is 0 Å². The minimum atomic E-state index is -0.0415. The van der Waals surface area contributed by atoms with Crippen LogP contribution in [0.3, 0.4) is 0 Å². The van der Waals surface area contributed by atoms with Crippen LogP contribution in [0.15, 0.2) is 66.2 Å². The van der Waals surface area contributed by atoms with Gasteiger partial charge in [0.05, 0.1) is 13.0 Å². The van der Waals surface area contributed by atoms with Crippen molar-refractivity contribution in [3.05, 3.63) is 77.4 Å². The van der Waals surface area contributed by atoms with E-state index in [1.54, 1.807) is 0 Å². The molecule has 0 radical (unpaired) electrons. The van der Waals surface area contributed by atoms with E-state index in [1.165, 1.54) is 35.8 Å². The Hall–Kier alpha value is -2.35. The van der Waals surface area contributed by atoms with E-state index in [-0.39, 0.29) is 11.9 Å². The van der Waals surface area contributed by atoms with E-state index < -0.39 is 0 Å². The molecule has 2 saturated carbocycles. The molecule has 3 atom stereocenters. The number of hydrogen-bond donors (Lipinski definition) is 0. The second kappa shape index (κ2) is 6.27. The van der Waals surface area contributed by atoms with Gasteiger partial charge in [0.25, 0.3) is 0 Å². The van der Waals surface area contributed by atoms with Crippen LogP contribution < -0.4 is 0 Å². The van der Waals surface area contributed by atoms with Crippen molar-refractivity contribution >= 4 is 11.5 Å². The fraction of sp³-hybridized carbons (Fsp3) is 0.318. The van der Waals surface area contributed by atoms with E-state index in [2.05, 4.69) is 60.7 Å². The number of rotatable bonds is 3. The van der Waals surface area contributed by atoms with Crippen molar-refractivity contribution in [2.24, 2.45) is 17.8 Å². The number of ether oxygens (including phenoxy) is 1. The zero-order chi connectivity index (χ0) is 16.5. The van der Waals surface area contributed by atoms with Crippen molar-refractivity contribution in [1.29, 1.82) is 0 Å². The van der Waals surface area contributed by atoms with Gasteiger partial charge in [0.15, 0.2) is 0 Å². The maximum absolute atomic E-state index is 12.2. The van der Waals surface area contributed by atoms with E-state index in [1.807, 2.05) is 0 Å². The fourth-order valence-corrected chi connectivity index (χ4v) is 4.64. The molecule has 0 heterocycles. The van der Waals surface area contributed by atoms with E-state index in [4.69, 9.17) is 4.74 Å². The lowest BCUT2D eigenvalue weighted by atomic mass is 9.86. The Balaban J connectivity index is 1.88. The van der Waals surface area contributed by atoms with Gasteiger partial charge >= 0.3 is 5.97 Å². The second-order valence-electron chi connectivity index (χ2n) is 6.81. The van der Waals surface area contributed by atoms with Crippen LogP contribution in [0.5, 0.6) is 0 Å². The number of hydrogen-bond acceptors (Lipinski definition) is 2. The van der Waals surface area contributed by atoms with Crippen LogP contribution in [-0.2, 0) is 9.53 Å². The minimum absolute atomic E-state index is 0.0335. The standard InChI is InChI=1S/C22H22O2/c1-24-22(23)19-14-17-12-13-18(19)21(17)20(15-8-4-2-5-9-15)16-10-6-3-7-11-16/h2-11,17-19H,12-14H2,1H3. The van der Waals surface area contributed by atoms with Gasteiger partial charge in [-0.05, 0) is 47.8 Å². The van der Waals surface area contributed by atoms with Crippen molar-refractivity contribution in [1.82, 2.24) is 0 Å². The summed E-state index contributed by atoms with van der Waals surface area (Å²) in [6, 6.07) is 21.2. The molecule has 24 heavy (non-hydrogen) atoms. The molecule has 2 nitrogen and oxygen atoms in total. The molecule has 2 aliphatic carbocycles. The van der Waals surface area contributed by atoms with Crippen LogP contribution >= 0.6 is 0 Å². The zero-order valence-electron chi connectivity index (χ0n) is 13.9. The summed E-state index contributed by atoms with van der Waals surface area (Å²) in [5, 5.41) is 0. The van der Waals surface area contributed by atoms with Crippen LogP contribution in [0.1, 0.15) is 30.4 Å². The summed E-state index contributed by atoms with van der Waals surface area (Å²) in [6.45, 7) is 0. The smallest absolute Gasteiger partial charge is 0.309 e. The van der Waals surface area contributed by atoms with Crippen LogP contribution in [0.2, 0.25) is 0 Å². The Labute approximate surface area is 143 Å². The molecule has 0 aromatic heterocycles. The van der Waals surface area contributed by atoms with Gasteiger partial charge < -0.3 is 4.74 Å². The minimum Gasteiger partial charge on any atom is -0.469 e. The first kappa shape index (κ1) is 15.2. The highest BCUT2D eigenvalue weighted by Gasteiger charge is 2.48. The van der Waals surface area contributed by atoms with Gasteiger partial charge in [0.2, 0.25) is 0 Å². The van der Waals surface area contributed by atoms with E-state index >= 15 is 0 Å². The number of carbonyl (C=O) groups excluding carboxylic acids is 1. The summed E-state index contributed by atoms with van der Waals surface area (Å²) < 4.78 is 5.06. The fourth-order valence-electron chi connectivity index (χ4n) is 4.64. The third-order valence-electron chi connectivity index (χ3n) is 5.61. The van der Waals surface area contributed by atoms with E-state index in [9.17, 15) is 4.79 Å². The zero-order valence-corrected chi connectivity index (χ0v) is 13.9. The first-order valence-electron chi connectivity index (χ1n) is 8.72. The lowest BCUT2D eigenvalue weighted by Gasteiger charge is -2.19. The van der Waals surface area contributed by atoms with Crippen LogP contribution in [0, 0.1) is 17.8 Å². The Kier molecular flexibility index (Phi) is 3.97. The maximum Gasteiger partial charge on any atom is 0.309 e. The number of allylic oxidation sites excluding steroid dienone is 1. The number of carbonyl (C=O) groups is 1. The molecular formula is C22H22O2. The van der Waals surface area contributed by atoms with E-state index in [0.29, 0.717) is 11.8 Å². The van der Waals surface area contributed by atoms with Gasteiger partial charge in [0, 0.05) is 0 Å². The first-order valence-corrected chi connectivity index (χ1v) is 8.72. The van der Waals surface area contributed by atoms with Gasteiger partial charge in [-0.3, -0.25) is 4.79 Å². The molecular weight excluding hydrogens is 296 g/mol. The number of benzene rings is 2. The van der Waals surface area contributed by atoms with Gasteiger partial charge in [-0.1, -0.05) is 66.2 Å². The summed E-state index contributed by atoms with van der Waals surface area (Å²) in [7, 11) is 1.51. The Morgan fingerprint density at radius 3 is 2.04 bits per heavy atom. The Morgan fingerprint density at radius 1 is 0.917 bits per heavy atom. The summed E-state index contributed by atoms with van der Waals surface area (Å²) in [4.78, 5) is 12.2. The summed E-state index contributed by atoms with van der Waals surface area (Å²) >= 11 is 0. The average molecular weight is 318 g/mol. The summed E-state index contributed by atoms with van der Waals surface area (Å²) in [5.74, 6) is 0.832. The van der Waals surface area contributed by atoms with Gasteiger partial charge in [-0.2, -0.15) is 0 Å². The van der Waals surface area contributed by atoms with Crippen molar-refractivity contribution in [3.8, 4) is 0 Å². The van der Waals surface area contributed by atoms with Crippen LogP contribution in [0.25, 0.3) is 5.57 Å². The maximum atomic E-state index is 12.2. The molecule has 0 aliphatic heterocycles. The molecule has 4 rings (SSSR count). The van der Waals surface area contributed by atoms with Crippen molar-refractivity contribution < 1.29 is 9.53 Å². The molecule has 0 N–H and O–H groups in total. The molecule has 2 heteroatoms. The van der Waals surface area contributed by atoms with Crippen LogP contribution in [-0.4, -0.2) is 13.1 Å². The average Bonchev–Trinajstić information content (AvgIpc) is 3.21. The highest BCUT2D eigenvalue weighted by molar-refractivity contribution is 5.85. The lowest BCUT2D eigenvalue weighted by Crippen LogP contribution is -2.22. The molecule has 2 fully saturated rings. The third-order valence-corrected chi connectivity index (χ3v) is 5.61. The predicted octanol–water partition coefficient (Wildman–Crippen LogP) is 4.71. The summed E-state index contributed by atoms with van der Waals surface area (Å²) in [6.07, 6.45) is 3.23. The molecule has 2 aromatic rings. The third kappa shape index (κ3) is 2.47. The molecule has 2 bridgehead atoms. The van der Waals surface area contributed by atoms with Gasteiger partial charge in [-0.15, -0.1) is 0 Å². The lowest BCUT2D eigenvalue weighted by molar-refractivity contribution is -0.147. The molecule has 2 aromatic carbocycles. The number of fused-ring (bicyclic) bond motifs is 2. The monoisotopic (exact) mass is 318 g/mol.